The lowest BCUT2D eigenvalue weighted by molar-refractivity contribution is -0.134. The van der Waals surface area contributed by atoms with Gasteiger partial charge in [0.15, 0.2) is 0 Å². The van der Waals surface area contributed by atoms with Crippen molar-refractivity contribution in [3.8, 4) is 5.75 Å². The summed E-state index contributed by atoms with van der Waals surface area (Å²) >= 11 is 3.33. The smallest absolute Gasteiger partial charge is 0.368 e. The Morgan fingerprint density at radius 1 is 1.21 bits per heavy atom. The number of fused-ring (bicyclic) bond motifs is 1. The van der Waals surface area contributed by atoms with Gasteiger partial charge in [0.25, 0.3) is 0 Å². The van der Waals surface area contributed by atoms with Gasteiger partial charge in [0.05, 0.1) is 10.6 Å². The third kappa shape index (κ3) is 6.51. The number of ether oxygens (including phenoxy) is 1. The lowest BCUT2D eigenvalue weighted by Gasteiger charge is -2.37. The van der Waals surface area contributed by atoms with Crippen molar-refractivity contribution in [2.24, 2.45) is 5.41 Å². The molecule has 34 heavy (non-hydrogen) atoms. The summed E-state index contributed by atoms with van der Waals surface area (Å²) in [6.45, 7) is 5.44. The first-order chi connectivity index (χ1) is 16.4. The standard InChI is InChI=1S/C27H34FNO3S2/c1-4-6-13-27(14-7-5-2)18-29(20-11-9-8-10-12-20)22-15-25(33-3)23(16-24(22)34-19-27)32-17-21(28)26(30)31/h8-12,15-17H,4-7,13-14,18-19H2,1-3H3,(H,30,31)/b21-17-. The maximum absolute atomic E-state index is 13.6. The molecule has 0 aromatic heterocycles. The number of nitrogens with zero attached hydrogens (tertiary/aromatic N) is 1. The van der Waals surface area contributed by atoms with Crippen LogP contribution >= 0.6 is 23.5 Å². The highest BCUT2D eigenvalue weighted by Crippen LogP contribution is 2.50. The molecule has 1 N–H and O–H groups in total. The highest BCUT2D eigenvalue weighted by Gasteiger charge is 2.36. The van der Waals surface area contributed by atoms with Gasteiger partial charge in [0.1, 0.15) is 12.0 Å². The van der Waals surface area contributed by atoms with Crippen LogP contribution in [-0.2, 0) is 4.79 Å². The quantitative estimate of drug-likeness (QED) is 0.189. The SMILES string of the molecule is CCCCC1(CCCC)CSc2cc(O/C=C(\F)C(=O)O)c(SC)cc2N(c2ccccc2)C1. The van der Waals surface area contributed by atoms with E-state index in [9.17, 15) is 9.18 Å². The van der Waals surface area contributed by atoms with Gasteiger partial charge in [0.2, 0.25) is 5.83 Å². The summed E-state index contributed by atoms with van der Waals surface area (Å²) in [6, 6.07) is 14.5. The molecule has 1 aliphatic rings. The van der Waals surface area contributed by atoms with E-state index in [1.54, 1.807) is 0 Å². The zero-order chi connectivity index (χ0) is 24.6. The maximum atomic E-state index is 13.6. The van der Waals surface area contributed by atoms with Gasteiger partial charge in [-0.25, -0.2) is 4.79 Å². The Kier molecular flexibility index (Phi) is 9.77. The third-order valence-electron chi connectivity index (χ3n) is 6.25. The predicted molar refractivity (Wildman–Crippen MR) is 141 cm³/mol. The molecule has 0 spiro atoms. The molecular formula is C27H34FNO3S2. The van der Waals surface area contributed by atoms with Crippen molar-refractivity contribution in [1.82, 2.24) is 0 Å². The van der Waals surface area contributed by atoms with Crippen LogP contribution in [0.25, 0.3) is 0 Å². The van der Waals surface area contributed by atoms with Crippen molar-refractivity contribution in [1.29, 1.82) is 0 Å². The Balaban J connectivity index is 2.08. The van der Waals surface area contributed by atoms with E-state index in [1.165, 1.54) is 50.3 Å². The highest BCUT2D eigenvalue weighted by atomic mass is 32.2. The summed E-state index contributed by atoms with van der Waals surface area (Å²) in [7, 11) is 0. The Morgan fingerprint density at radius 3 is 2.47 bits per heavy atom. The Morgan fingerprint density at radius 2 is 1.88 bits per heavy atom. The van der Waals surface area contributed by atoms with Gasteiger partial charge in [-0.15, -0.1) is 23.5 Å². The van der Waals surface area contributed by atoms with Gasteiger partial charge >= 0.3 is 5.97 Å². The number of carboxylic acids is 1. The topological polar surface area (TPSA) is 49.8 Å². The van der Waals surface area contributed by atoms with Crippen molar-refractivity contribution < 1.29 is 19.0 Å². The molecule has 0 amide bonds. The van der Waals surface area contributed by atoms with E-state index in [0.717, 1.165) is 33.5 Å². The van der Waals surface area contributed by atoms with E-state index in [1.807, 2.05) is 30.2 Å². The van der Waals surface area contributed by atoms with Gasteiger partial charge in [-0.05, 0) is 48.8 Å². The average molecular weight is 504 g/mol. The molecule has 4 nitrogen and oxygen atoms in total. The van der Waals surface area contributed by atoms with Gasteiger partial charge in [-0.3, -0.25) is 0 Å². The molecule has 1 aliphatic heterocycles. The number of para-hydroxylation sites is 1. The number of benzene rings is 2. The molecule has 7 heteroatoms. The van der Waals surface area contributed by atoms with Gasteiger partial charge in [0, 0.05) is 22.9 Å². The van der Waals surface area contributed by atoms with Gasteiger partial charge in [-0.2, -0.15) is 4.39 Å². The number of halogens is 1. The van der Waals surface area contributed by atoms with Crippen LogP contribution in [-0.4, -0.2) is 29.6 Å². The van der Waals surface area contributed by atoms with E-state index in [0.29, 0.717) is 12.0 Å². The number of hydrogen-bond donors (Lipinski definition) is 1. The van der Waals surface area contributed by atoms with Crippen LogP contribution in [0.3, 0.4) is 0 Å². The fraction of sp³-hybridized carbons (Fsp3) is 0.444. The molecule has 0 aliphatic carbocycles. The summed E-state index contributed by atoms with van der Waals surface area (Å²) in [5.41, 5.74) is 2.45. The molecule has 0 unspecified atom stereocenters. The first kappa shape index (κ1) is 26.5. The van der Waals surface area contributed by atoms with Gasteiger partial charge < -0.3 is 14.7 Å². The van der Waals surface area contributed by atoms with Crippen LogP contribution in [0.1, 0.15) is 52.4 Å². The molecule has 0 saturated heterocycles. The fourth-order valence-corrected chi connectivity index (χ4v) is 6.23. The summed E-state index contributed by atoms with van der Waals surface area (Å²) in [5, 5.41) is 8.84. The lowest BCUT2D eigenvalue weighted by atomic mass is 9.79. The number of aliphatic carboxylic acids is 1. The Hall–Kier alpha value is -2.12. The summed E-state index contributed by atoms with van der Waals surface area (Å²) in [6.07, 6.45) is 9.72. The normalized spacial score (nSPS) is 15.5. The van der Waals surface area contributed by atoms with Crippen LogP contribution in [0.4, 0.5) is 15.8 Å². The van der Waals surface area contributed by atoms with Gasteiger partial charge in [-0.1, -0.05) is 57.7 Å². The second kappa shape index (κ2) is 12.5. The molecule has 2 aromatic rings. The summed E-state index contributed by atoms with van der Waals surface area (Å²) in [5.74, 6) is -1.49. The Bertz CT molecular complexity index is 989. The third-order valence-corrected chi connectivity index (χ3v) is 8.40. The molecule has 184 valence electrons. The van der Waals surface area contributed by atoms with Crippen LogP contribution in [0.2, 0.25) is 0 Å². The number of anilines is 2. The minimum absolute atomic E-state index is 0.182. The first-order valence-corrected chi connectivity index (χ1v) is 14.1. The second-order valence-electron chi connectivity index (χ2n) is 8.78. The summed E-state index contributed by atoms with van der Waals surface area (Å²) < 4.78 is 19.1. The number of hydrogen-bond acceptors (Lipinski definition) is 5. The zero-order valence-electron chi connectivity index (χ0n) is 20.2. The molecule has 0 bridgehead atoms. The highest BCUT2D eigenvalue weighted by molar-refractivity contribution is 7.99. The average Bonchev–Trinajstić information content (AvgIpc) is 3.01. The molecule has 0 saturated carbocycles. The number of rotatable bonds is 11. The van der Waals surface area contributed by atoms with Crippen LogP contribution in [0.5, 0.6) is 5.75 Å². The molecule has 0 fully saturated rings. The van der Waals surface area contributed by atoms with Crippen molar-refractivity contribution in [2.75, 3.05) is 23.5 Å². The summed E-state index contributed by atoms with van der Waals surface area (Å²) in [4.78, 5) is 15.2. The zero-order valence-corrected chi connectivity index (χ0v) is 21.8. The molecule has 1 heterocycles. The Labute approximate surface area is 211 Å². The van der Waals surface area contributed by atoms with E-state index in [2.05, 4.69) is 49.1 Å². The fourth-order valence-electron chi connectivity index (χ4n) is 4.34. The van der Waals surface area contributed by atoms with E-state index in [-0.39, 0.29) is 5.41 Å². The number of thioether (sulfide) groups is 2. The lowest BCUT2D eigenvalue weighted by Crippen LogP contribution is -2.36. The molecule has 0 radical (unpaired) electrons. The van der Waals surface area contributed by atoms with Crippen molar-refractivity contribution >= 4 is 40.9 Å². The number of carbonyl (C=O) groups is 1. The maximum Gasteiger partial charge on any atom is 0.368 e. The van der Waals surface area contributed by atoms with Crippen molar-refractivity contribution in [3.63, 3.8) is 0 Å². The number of carboxylic acid groups (broad SMARTS) is 1. The molecular weight excluding hydrogens is 469 g/mol. The van der Waals surface area contributed by atoms with E-state index >= 15 is 0 Å². The van der Waals surface area contributed by atoms with E-state index < -0.39 is 11.8 Å². The second-order valence-corrected chi connectivity index (χ2v) is 10.6. The van der Waals surface area contributed by atoms with Crippen LogP contribution < -0.4 is 9.64 Å². The van der Waals surface area contributed by atoms with E-state index in [4.69, 9.17) is 9.84 Å². The predicted octanol–water partition coefficient (Wildman–Crippen LogP) is 8.29. The molecule has 3 rings (SSSR count). The minimum Gasteiger partial charge on any atom is -0.476 e. The number of unbranched alkanes of at least 4 members (excludes halogenated alkanes) is 2. The minimum atomic E-state index is -1.64. The first-order valence-electron chi connectivity index (χ1n) is 11.9. The van der Waals surface area contributed by atoms with Crippen LogP contribution in [0.15, 0.2) is 64.3 Å². The molecule has 2 aromatic carbocycles. The van der Waals surface area contributed by atoms with Crippen molar-refractivity contribution in [3.05, 3.63) is 54.6 Å². The van der Waals surface area contributed by atoms with Crippen LogP contribution in [0, 0.1) is 5.41 Å². The molecule has 0 atom stereocenters. The monoisotopic (exact) mass is 503 g/mol. The largest absolute Gasteiger partial charge is 0.476 e. The van der Waals surface area contributed by atoms with Crippen molar-refractivity contribution in [2.45, 2.75) is 62.2 Å².